The van der Waals surface area contributed by atoms with E-state index in [-0.39, 0.29) is 30.1 Å². The molecule has 0 bridgehead atoms. The molecule has 0 radical (unpaired) electrons. The van der Waals surface area contributed by atoms with Crippen LogP contribution in [0.5, 0.6) is 0 Å². The van der Waals surface area contributed by atoms with Crippen molar-refractivity contribution in [3.8, 4) is 10.6 Å². The van der Waals surface area contributed by atoms with E-state index in [0.29, 0.717) is 33.7 Å². The van der Waals surface area contributed by atoms with Gasteiger partial charge >= 0.3 is 0 Å². The molecule has 2 amide bonds. The summed E-state index contributed by atoms with van der Waals surface area (Å²) in [4.78, 5) is 29.5. The van der Waals surface area contributed by atoms with Gasteiger partial charge in [0, 0.05) is 43.5 Å². The quantitative estimate of drug-likeness (QED) is 0.372. The second-order valence-electron chi connectivity index (χ2n) is 11.0. The number of hydrogen-bond acceptors (Lipinski definition) is 7. The van der Waals surface area contributed by atoms with E-state index in [1.165, 1.54) is 16.0 Å². The number of nitrogens with zero attached hydrogens (tertiary/aromatic N) is 4. The Hall–Kier alpha value is -2.47. The maximum absolute atomic E-state index is 13.4. The smallest absolute Gasteiger partial charge is 0.271 e. The molecule has 0 aromatic carbocycles. The highest BCUT2D eigenvalue weighted by molar-refractivity contribution is 7.19. The zero-order valence-electron chi connectivity index (χ0n) is 22.0. The van der Waals surface area contributed by atoms with Crippen LogP contribution in [0.2, 0.25) is 24.0 Å². The molecule has 0 atom stereocenters. The van der Waals surface area contributed by atoms with Crippen molar-refractivity contribution >= 4 is 42.8 Å². The molecule has 1 fully saturated rings. The van der Waals surface area contributed by atoms with Crippen LogP contribution in [0.25, 0.3) is 10.6 Å². The highest BCUT2D eigenvalue weighted by Gasteiger charge is 2.26. The third kappa shape index (κ3) is 7.31. The van der Waals surface area contributed by atoms with Crippen LogP contribution in [0.15, 0.2) is 28.8 Å². The van der Waals surface area contributed by atoms with Crippen molar-refractivity contribution in [1.29, 1.82) is 0 Å². The molecule has 0 unspecified atom stereocenters. The molecule has 4 rings (SSSR count). The van der Waals surface area contributed by atoms with E-state index in [2.05, 4.69) is 59.3 Å². The predicted molar refractivity (Wildman–Crippen MR) is 149 cm³/mol. The van der Waals surface area contributed by atoms with Gasteiger partial charge in [-0.1, -0.05) is 36.4 Å². The lowest BCUT2D eigenvalue weighted by Gasteiger charge is -2.34. The Morgan fingerprint density at radius 3 is 2.54 bits per heavy atom. The van der Waals surface area contributed by atoms with E-state index in [1.54, 1.807) is 18.2 Å². The summed E-state index contributed by atoms with van der Waals surface area (Å²) < 4.78 is 7.69. The summed E-state index contributed by atoms with van der Waals surface area (Å²) in [5, 5.41) is 14.8. The zero-order chi connectivity index (χ0) is 26.7. The van der Waals surface area contributed by atoms with E-state index in [4.69, 9.17) is 16.1 Å². The largest absolute Gasteiger partial charge is 0.355 e. The van der Waals surface area contributed by atoms with Gasteiger partial charge in [-0.15, -0.1) is 11.3 Å². The highest BCUT2D eigenvalue weighted by Crippen LogP contribution is 2.31. The molecule has 37 heavy (non-hydrogen) atoms. The first-order chi connectivity index (χ1) is 17.5. The first-order valence-corrected chi connectivity index (χ1v) is 17.5. The van der Waals surface area contributed by atoms with Crippen molar-refractivity contribution in [2.75, 3.05) is 19.3 Å². The maximum Gasteiger partial charge on any atom is 0.271 e. The summed E-state index contributed by atoms with van der Waals surface area (Å²) in [5.74, 6) is 0.0677. The molecule has 0 aliphatic carbocycles. The van der Waals surface area contributed by atoms with Crippen LogP contribution in [0.4, 0.5) is 0 Å². The van der Waals surface area contributed by atoms with Crippen molar-refractivity contribution < 1.29 is 14.1 Å². The molecular formula is C25H35ClN6O3SSi. The molecule has 0 spiro atoms. The number of amides is 2. The number of aromatic nitrogens is 3. The SMILES string of the molecule is CC(C)N1CCC(NC(=O)c2cc(C(=O)NC[Si](C)(C)C)nn2Cc2cc(-c3ccc(Cl)s3)on2)CC1. The third-order valence-corrected chi connectivity index (χ3v) is 8.79. The van der Waals surface area contributed by atoms with Gasteiger partial charge in [0.05, 0.1) is 23.8 Å². The van der Waals surface area contributed by atoms with Crippen molar-refractivity contribution in [2.24, 2.45) is 0 Å². The number of hydrogen-bond donors (Lipinski definition) is 2. The van der Waals surface area contributed by atoms with E-state index < -0.39 is 8.07 Å². The van der Waals surface area contributed by atoms with E-state index in [1.807, 2.05) is 6.07 Å². The average Bonchev–Trinajstić information content (AvgIpc) is 3.57. The number of halogens is 1. The average molecular weight is 563 g/mol. The minimum atomic E-state index is -1.49. The van der Waals surface area contributed by atoms with Gasteiger partial charge in [0.1, 0.15) is 11.4 Å². The minimum absolute atomic E-state index is 0.0808. The number of carbonyl (C=O) groups excluding carboxylic acids is 2. The molecule has 1 aliphatic rings. The van der Waals surface area contributed by atoms with Crippen molar-refractivity contribution in [3.05, 3.63) is 45.7 Å². The molecule has 1 aliphatic heterocycles. The molecule has 12 heteroatoms. The zero-order valence-corrected chi connectivity index (χ0v) is 24.6. The number of likely N-dealkylation sites (tertiary alicyclic amines) is 1. The topological polar surface area (TPSA) is 105 Å². The van der Waals surface area contributed by atoms with Gasteiger partial charge in [-0.25, -0.2) is 0 Å². The Bertz CT molecular complexity index is 1240. The Morgan fingerprint density at radius 1 is 1.19 bits per heavy atom. The van der Waals surface area contributed by atoms with Crippen LogP contribution in [0, 0.1) is 0 Å². The predicted octanol–water partition coefficient (Wildman–Crippen LogP) is 4.51. The molecule has 3 aromatic heterocycles. The van der Waals surface area contributed by atoms with E-state index in [0.717, 1.165) is 30.8 Å². The Kier molecular flexibility index (Phi) is 8.57. The second kappa shape index (κ2) is 11.5. The van der Waals surface area contributed by atoms with E-state index >= 15 is 0 Å². The molecule has 9 nitrogen and oxygen atoms in total. The van der Waals surface area contributed by atoms with Crippen LogP contribution in [0.1, 0.15) is 53.4 Å². The Balaban J connectivity index is 1.52. The summed E-state index contributed by atoms with van der Waals surface area (Å²) in [6.07, 6.45) is 2.40. The molecule has 3 aromatic rings. The standard InChI is InChI=1S/C25H35ClN6O3SSi/c1-16(2)31-10-8-17(9-11-31)28-25(34)20-13-19(24(33)27-15-37(3,4)5)29-32(20)14-18-12-21(35-30-18)22-6-7-23(26)36-22/h6-7,12-13,16-17H,8-11,14-15H2,1-5H3,(H,27,33)(H,28,34). The minimum Gasteiger partial charge on any atom is -0.355 e. The fourth-order valence-electron chi connectivity index (χ4n) is 4.19. The second-order valence-corrected chi connectivity index (χ2v) is 18.2. The maximum atomic E-state index is 13.4. The third-order valence-electron chi connectivity index (χ3n) is 6.31. The summed E-state index contributed by atoms with van der Waals surface area (Å²) >= 11 is 7.45. The molecule has 1 saturated heterocycles. The molecule has 0 saturated carbocycles. The lowest BCUT2D eigenvalue weighted by atomic mass is 10.0. The summed E-state index contributed by atoms with van der Waals surface area (Å²) in [6, 6.07) is 7.62. The Morgan fingerprint density at radius 2 is 1.92 bits per heavy atom. The number of nitrogens with one attached hydrogen (secondary N) is 2. The van der Waals surface area contributed by atoms with E-state index in [9.17, 15) is 9.59 Å². The fourth-order valence-corrected chi connectivity index (χ4v) is 5.87. The van der Waals surface area contributed by atoms with Crippen LogP contribution in [-0.2, 0) is 6.54 Å². The van der Waals surface area contributed by atoms with Crippen LogP contribution >= 0.6 is 22.9 Å². The van der Waals surface area contributed by atoms with Crippen LogP contribution in [-0.4, -0.2) is 71.1 Å². The lowest BCUT2D eigenvalue weighted by molar-refractivity contribution is 0.0889. The number of thiophene rings is 1. The molecule has 2 N–H and O–H groups in total. The van der Waals surface area contributed by atoms with Crippen molar-refractivity contribution in [3.63, 3.8) is 0 Å². The Labute approximate surface area is 227 Å². The molecular weight excluding hydrogens is 528 g/mol. The van der Waals surface area contributed by atoms with Crippen LogP contribution < -0.4 is 10.6 Å². The summed E-state index contributed by atoms with van der Waals surface area (Å²) in [5.41, 5.74) is 1.14. The fraction of sp³-hybridized carbons (Fsp3) is 0.520. The molecule has 200 valence electrons. The van der Waals surface area contributed by atoms with Gasteiger partial charge in [0.25, 0.3) is 11.8 Å². The lowest BCUT2D eigenvalue weighted by Crippen LogP contribution is -2.46. The van der Waals surface area contributed by atoms with Crippen LogP contribution in [0.3, 0.4) is 0 Å². The van der Waals surface area contributed by atoms with Gasteiger partial charge in [-0.3, -0.25) is 14.3 Å². The molecule has 4 heterocycles. The van der Waals surface area contributed by atoms with Crippen molar-refractivity contribution in [1.82, 2.24) is 30.5 Å². The number of rotatable bonds is 9. The van der Waals surface area contributed by atoms with Gasteiger partial charge in [0.15, 0.2) is 11.5 Å². The first kappa shape index (κ1) is 27.6. The number of piperidine rings is 1. The summed E-state index contributed by atoms with van der Waals surface area (Å²) in [7, 11) is -1.49. The normalized spacial score (nSPS) is 15.3. The first-order valence-electron chi connectivity index (χ1n) is 12.6. The summed E-state index contributed by atoms with van der Waals surface area (Å²) in [6.45, 7) is 13.0. The van der Waals surface area contributed by atoms with Gasteiger partial charge in [-0.05, 0) is 38.8 Å². The van der Waals surface area contributed by atoms with Gasteiger partial charge < -0.3 is 20.1 Å². The van der Waals surface area contributed by atoms with Crippen molar-refractivity contribution in [2.45, 2.75) is 65.0 Å². The highest BCUT2D eigenvalue weighted by atomic mass is 35.5. The number of carbonyl (C=O) groups is 2. The van der Waals surface area contributed by atoms with Gasteiger partial charge in [0.2, 0.25) is 0 Å². The monoisotopic (exact) mass is 562 g/mol. The van der Waals surface area contributed by atoms with Gasteiger partial charge in [-0.2, -0.15) is 5.10 Å².